The average Bonchev–Trinajstić information content (AvgIpc) is 3.14. The summed E-state index contributed by atoms with van der Waals surface area (Å²) in [6.07, 6.45) is 3.30. The molecule has 0 radical (unpaired) electrons. The normalized spacial score (nSPS) is 39.2. The van der Waals surface area contributed by atoms with Crippen molar-refractivity contribution in [1.29, 1.82) is 0 Å². The van der Waals surface area contributed by atoms with Crippen LogP contribution < -0.4 is 0 Å². The fraction of sp³-hybridized carbons (Fsp3) is 0.900. The summed E-state index contributed by atoms with van der Waals surface area (Å²) in [4.78, 5) is 0.174. The highest BCUT2D eigenvalue weighted by Crippen LogP contribution is 2.64. The van der Waals surface area contributed by atoms with Crippen LogP contribution in [-0.4, -0.2) is 38.5 Å². The second-order valence-corrected chi connectivity index (χ2v) is 16.1. The number of hydrogen-bond acceptors (Lipinski definition) is 5. The monoisotopic (exact) mass is 416 g/mol. The molecule has 2 aliphatic heterocycles. The van der Waals surface area contributed by atoms with E-state index in [0.717, 1.165) is 25.7 Å². The van der Waals surface area contributed by atoms with Crippen molar-refractivity contribution in [2.75, 3.05) is 0 Å². The Labute approximate surface area is 163 Å². The van der Waals surface area contributed by atoms with Crippen molar-refractivity contribution in [3.05, 3.63) is 9.81 Å². The molecular weight excluding hydrogens is 384 g/mol. The lowest BCUT2D eigenvalue weighted by molar-refractivity contribution is 0.0705. The molecule has 27 heavy (non-hydrogen) atoms. The molecule has 2 aliphatic carbocycles. The lowest BCUT2D eigenvalue weighted by atomic mass is 9.79. The van der Waals surface area contributed by atoms with E-state index in [9.17, 15) is 16.8 Å². The second-order valence-electron chi connectivity index (χ2n) is 10.8. The Balaban J connectivity index is 1.97. The maximum absolute atomic E-state index is 13.5. The molecule has 3 fully saturated rings. The van der Waals surface area contributed by atoms with Crippen LogP contribution in [0.1, 0.15) is 67.2 Å². The van der Waals surface area contributed by atoms with Gasteiger partial charge in [-0.05, 0) is 71.6 Å². The zero-order valence-electron chi connectivity index (χ0n) is 17.2. The van der Waals surface area contributed by atoms with Crippen molar-refractivity contribution >= 4 is 19.7 Å². The molecule has 0 N–H and O–H groups in total. The van der Waals surface area contributed by atoms with E-state index >= 15 is 0 Å². The molecule has 4 bridgehead atoms. The summed E-state index contributed by atoms with van der Waals surface area (Å²) in [6, 6.07) is 0. The van der Waals surface area contributed by atoms with Gasteiger partial charge in [0.05, 0.1) is 31.5 Å². The maximum Gasteiger partial charge on any atom is 0.183 e. The van der Waals surface area contributed by atoms with Crippen LogP contribution in [0.4, 0.5) is 0 Å². The molecule has 0 amide bonds. The van der Waals surface area contributed by atoms with Gasteiger partial charge in [-0.25, -0.2) is 16.8 Å². The highest BCUT2D eigenvalue weighted by molar-refractivity contribution is 8.00. The lowest BCUT2D eigenvalue weighted by Gasteiger charge is -2.34. The summed E-state index contributed by atoms with van der Waals surface area (Å²) in [5.41, 5.74) is 0. The molecule has 4 rings (SSSR count). The van der Waals surface area contributed by atoms with E-state index in [-0.39, 0.29) is 21.6 Å². The smallest absolute Gasteiger partial charge is 0.183 e. The van der Waals surface area contributed by atoms with Gasteiger partial charge in [-0.2, -0.15) is 0 Å². The quantitative estimate of drug-likeness (QED) is 0.689. The molecule has 6 atom stereocenters. The highest BCUT2D eigenvalue weighted by Gasteiger charge is 2.67. The lowest BCUT2D eigenvalue weighted by Crippen LogP contribution is -2.42. The Morgan fingerprint density at radius 3 is 1.44 bits per heavy atom. The van der Waals surface area contributed by atoms with Crippen molar-refractivity contribution in [3.63, 3.8) is 0 Å². The van der Waals surface area contributed by atoms with Crippen LogP contribution in [0.3, 0.4) is 0 Å². The van der Waals surface area contributed by atoms with Crippen LogP contribution in [0.25, 0.3) is 0 Å². The van der Waals surface area contributed by atoms with E-state index in [4.69, 9.17) is 4.74 Å². The Morgan fingerprint density at radius 2 is 1.11 bits per heavy atom. The molecule has 0 aromatic carbocycles. The SMILES string of the molecule is CC(C)(C)S(=O)(=O)C1=C(S(=O)(=O)C(C)(C)C)[C@H]2O[C@H]1[C@@H]1[C@H]3CCC[C@@H](C3)[C@H]12. The molecule has 7 heteroatoms. The van der Waals surface area contributed by atoms with Gasteiger partial charge in [-0.1, -0.05) is 19.3 Å². The summed E-state index contributed by atoms with van der Waals surface area (Å²) >= 11 is 0. The fourth-order valence-electron chi connectivity index (χ4n) is 5.82. The van der Waals surface area contributed by atoms with Crippen LogP contribution in [0.5, 0.6) is 0 Å². The van der Waals surface area contributed by atoms with Crippen molar-refractivity contribution in [2.45, 2.75) is 88.9 Å². The Bertz CT molecular complexity index is 827. The second kappa shape index (κ2) is 5.60. The first-order chi connectivity index (χ1) is 12.2. The van der Waals surface area contributed by atoms with Crippen molar-refractivity contribution in [2.24, 2.45) is 23.7 Å². The molecule has 0 unspecified atom stereocenters. The van der Waals surface area contributed by atoms with Crippen LogP contribution in [-0.2, 0) is 24.4 Å². The molecule has 2 saturated carbocycles. The minimum Gasteiger partial charge on any atom is -0.363 e. The first kappa shape index (κ1) is 19.9. The molecule has 0 aromatic heterocycles. The van der Waals surface area contributed by atoms with Gasteiger partial charge in [0.2, 0.25) is 0 Å². The summed E-state index contributed by atoms with van der Waals surface area (Å²) in [5, 5.41) is 0. The van der Waals surface area contributed by atoms with Gasteiger partial charge in [-0.3, -0.25) is 0 Å². The first-order valence-corrected chi connectivity index (χ1v) is 13.0. The topological polar surface area (TPSA) is 77.5 Å². The number of fused-ring (bicyclic) bond motifs is 9. The predicted molar refractivity (Wildman–Crippen MR) is 105 cm³/mol. The van der Waals surface area contributed by atoms with Crippen LogP contribution in [0, 0.1) is 23.7 Å². The molecule has 154 valence electrons. The molecule has 0 aromatic rings. The van der Waals surface area contributed by atoms with Gasteiger partial charge in [0.1, 0.15) is 0 Å². The van der Waals surface area contributed by atoms with Crippen LogP contribution in [0.15, 0.2) is 9.81 Å². The van der Waals surface area contributed by atoms with Gasteiger partial charge in [-0.15, -0.1) is 0 Å². The Hall–Kier alpha value is -0.400. The van der Waals surface area contributed by atoms with E-state index in [2.05, 4.69) is 0 Å². The minimum absolute atomic E-state index is 0.0868. The van der Waals surface area contributed by atoms with Crippen LogP contribution in [0.2, 0.25) is 0 Å². The maximum atomic E-state index is 13.5. The van der Waals surface area contributed by atoms with Gasteiger partial charge < -0.3 is 4.74 Å². The molecule has 2 heterocycles. The largest absolute Gasteiger partial charge is 0.363 e. The van der Waals surface area contributed by atoms with E-state index in [1.54, 1.807) is 41.5 Å². The number of ether oxygens (including phenoxy) is 1. The van der Waals surface area contributed by atoms with E-state index < -0.39 is 41.4 Å². The number of sulfone groups is 2. The van der Waals surface area contributed by atoms with Crippen molar-refractivity contribution in [1.82, 2.24) is 0 Å². The van der Waals surface area contributed by atoms with Gasteiger partial charge in [0, 0.05) is 0 Å². The van der Waals surface area contributed by atoms with E-state index in [1.807, 2.05) is 0 Å². The standard InChI is InChI=1S/C20H32O5S2/c1-19(2,3)26(21,22)17-15-13-11-8-7-9-12(10-11)14(13)16(25-15)18(17)27(23,24)20(4,5)6/h11-16H,7-10H2,1-6H3/t11-,12-,13+,14+,15-,16-/m0/s1. The van der Waals surface area contributed by atoms with Crippen LogP contribution >= 0.6 is 0 Å². The zero-order valence-corrected chi connectivity index (χ0v) is 18.8. The van der Waals surface area contributed by atoms with E-state index in [1.165, 1.54) is 0 Å². The first-order valence-electron chi connectivity index (χ1n) is 10.1. The average molecular weight is 417 g/mol. The summed E-state index contributed by atoms with van der Waals surface area (Å²) in [7, 11) is -7.58. The number of hydrogen-bond donors (Lipinski definition) is 0. The third kappa shape index (κ3) is 2.49. The molecular formula is C20H32O5S2. The summed E-state index contributed by atoms with van der Waals surface area (Å²) < 4.78 is 58.1. The summed E-state index contributed by atoms with van der Waals surface area (Å²) in [5.74, 6) is 1.25. The molecule has 1 saturated heterocycles. The Kier molecular flexibility index (Phi) is 4.13. The molecule has 4 aliphatic rings. The number of rotatable bonds is 2. The van der Waals surface area contributed by atoms with Crippen molar-refractivity contribution < 1.29 is 21.6 Å². The van der Waals surface area contributed by atoms with Gasteiger partial charge in [0.15, 0.2) is 19.7 Å². The zero-order chi connectivity index (χ0) is 20.2. The van der Waals surface area contributed by atoms with Gasteiger partial charge >= 0.3 is 0 Å². The summed E-state index contributed by atoms with van der Waals surface area (Å²) in [6.45, 7) is 9.88. The molecule has 0 spiro atoms. The fourth-order valence-corrected chi connectivity index (χ4v) is 9.59. The highest BCUT2D eigenvalue weighted by atomic mass is 32.2. The predicted octanol–water partition coefficient (Wildman–Crippen LogP) is 3.46. The Morgan fingerprint density at radius 1 is 0.741 bits per heavy atom. The third-order valence-corrected chi connectivity index (χ3v) is 12.6. The minimum atomic E-state index is -3.79. The van der Waals surface area contributed by atoms with Gasteiger partial charge in [0.25, 0.3) is 0 Å². The third-order valence-electron chi connectivity index (χ3n) is 7.23. The molecule has 5 nitrogen and oxygen atoms in total. The van der Waals surface area contributed by atoms with E-state index in [0.29, 0.717) is 11.8 Å². The van der Waals surface area contributed by atoms with Crippen molar-refractivity contribution in [3.8, 4) is 0 Å².